The zero-order valence-electron chi connectivity index (χ0n) is 13.1. The SMILES string of the molecule is CCS(=O)(=O)Nc1ccc2c(c1)C1(CCC3(CC3)CC1)CN2. The number of nitrogens with one attached hydrogen (secondary N) is 2. The summed E-state index contributed by atoms with van der Waals surface area (Å²) >= 11 is 0. The summed E-state index contributed by atoms with van der Waals surface area (Å²) in [7, 11) is -3.21. The Kier molecular flexibility index (Phi) is 3.03. The molecular weight excluding hydrogens is 296 g/mol. The van der Waals surface area contributed by atoms with Crippen LogP contribution in [-0.4, -0.2) is 20.7 Å². The Labute approximate surface area is 132 Å². The van der Waals surface area contributed by atoms with Gasteiger partial charge in [0.1, 0.15) is 0 Å². The molecule has 0 unspecified atom stereocenters. The molecule has 0 saturated heterocycles. The lowest BCUT2D eigenvalue weighted by Gasteiger charge is -2.37. The highest BCUT2D eigenvalue weighted by molar-refractivity contribution is 7.92. The van der Waals surface area contributed by atoms with Crippen LogP contribution < -0.4 is 10.0 Å². The zero-order valence-corrected chi connectivity index (χ0v) is 13.9. The van der Waals surface area contributed by atoms with Crippen molar-refractivity contribution in [1.29, 1.82) is 0 Å². The third kappa shape index (κ3) is 2.30. The number of hydrogen-bond acceptors (Lipinski definition) is 3. The average Bonchev–Trinajstić information content (AvgIpc) is 3.19. The highest BCUT2D eigenvalue weighted by Crippen LogP contribution is 2.61. The molecule has 2 N–H and O–H groups in total. The summed E-state index contributed by atoms with van der Waals surface area (Å²) in [6.07, 6.45) is 7.96. The van der Waals surface area contributed by atoms with Gasteiger partial charge in [-0.1, -0.05) is 0 Å². The van der Waals surface area contributed by atoms with Crippen LogP contribution >= 0.6 is 0 Å². The van der Waals surface area contributed by atoms with E-state index in [9.17, 15) is 8.42 Å². The average molecular weight is 320 g/mol. The molecule has 1 aromatic carbocycles. The maximum absolute atomic E-state index is 11.8. The van der Waals surface area contributed by atoms with Gasteiger partial charge in [-0.05, 0) is 74.6 Å². The second-order valence-corrected chi connectivity index (χ2v) is 9.41. The van der Waals surface area contributed by atoms with Crippen LogP contribution in [0.3, 0.4) is 0 Å². The van der Waals surface area contributed by atoms with E-state index in [4.69, 9.17) is 0 Å². The summed E-state index contributed by atoms with van der Waals surface area (Å²) in [5.41, 5.74) is 4.10. The van der Waals surface area contributed by atoms with E-state index in [0.29, 0.717) is 11.1 Å². The Morgan fingerprint density at radius 2 is 1.82 bits per heavy atom. The van der Waals surface area contributed by atoms with Gasteiger partial charge in [-0.25, -0.2) is 8.42 Å². The quantitative estimate of drug-likeness (QED) is 0.896. The van der Waals surface area contributed by atoms with E-state index in [1.54, 1.807) is 6.92 Å². The first-order chi connectivity index (χ1) is 10.5. The Bertz CT molecular complexity index is 697. The van der Waals surface area contributed by atoms with Crippen molar-refractivity contribution in [1.82, 2.24) is 0 Å². The van der Waals surface area contributed by atoms with Gasteiger partial charge in [0.05, 0.1) is 5.75 Å². The van der Waals surface area contributed by atoms with E-state index in [1.165, 1.54) is 49.8 Å². The van der Waals surface area contributed by atoms with Gasteiger partial charge in [-0.3, -0.25) is 4.72 Å². The summed E-state index contributed by atoms with van der Waals surface area (Å²) in [4.78, 5) is 0. The van der Waals surface area contributed by atoms with E-state index in [0.717, 1.165) is 6.54 Å². The molecule has 120 valence electrons. The van der Waals surface area contributed by atoms with Gasteiger partial charge in [0.2, 0.25) is 10.0 Å². The van der Waals surface area contributed by atoms with Gasteiger partial charge in [0, 0.05) is 23.3 Å². The van der Waals surface area contributed by atoms with Crippen LogP contribution in [0.2, 0.25) is 0 Å². The summed E-state index contributed by atoms with van der Waals surface area (Å²) in [5, 5.41) is 3.54. The molecule has 4 rings (SSSR count). The van der Waals surface area contributed by atoms with Crippen molar-refractivity contribution in [2.45, 2.75) is 50.9 Å². The van der Waals surface area contributed by atoms with Crippen molar-refractivity contribution >= 4 is 21.4 Å². The topological polar surface area (TPSA) is 58.2 Å². The van der Waals surface area contributed by atoms with E-state index in [-0.39, 0.29) is 11.2 Å². The summed E-state index contributed by atoms with van der Waals surface area (Å²) in [6.45, 7) is 2.66. The first-order valence-electron chi connectivity index (χ1n) is 8.35. The minimum absolute atomic E-state index is 0.107. The van der Waals surface area contributed by atoms with Crippen LogP contribution in [0.1, 0.15) is 51.0 Å². The molecule has 2 fully saturated rings. The smallest absolute Gasteiger partial charge is 0.232 e. The predicted octanol–water partition coefficient (Wildman–Crippen LogP) is 3.47. The number of fused-ring (bicyclic) bond motifs is 2. The van der Waals surface area contributed by atoms with Crippen molar-refractivity contribution in [3.8, 4) is 0 Å². The van der Waals surface area contributed by atoms with Gasteiger partial charge in [0.25, 0.3) is 0 Å². The number of rotatable bonds is 3. The second kappa shape index (κ2) is 4.63. The van der Waals surface area contributed by atoms with Gasteiger partial charge in [-0.2, -0.15) is 0 Å². The van der Waals surface area contributed by atoms with Gasteiger partial charge in [0.15, 0.2) is 0 Å². The lowest BCUT2D eigenvalue weighted by atomic mass is 9.66. The largest absolute Gasteiger partial charge is 0.384 e. The highest BCUT2D eigenvalue weighted by atomic mass is 32.2. The zero-order chi connectivity index (χ0) is 15.4. The molecule has 0 radical (unpaired) electrons. The first-order valence-corrected chi connectivity index (χ1v) is 10.0. The van der Waals surface area contributed by atoms with Crippen LogP contribution in [0.15, 0.2) is 18.2 Å². The Morgan fingerprint density at radius 3 is 2.45 bits per heavy atom. The second-order valence-electron chi connectivity index (χ2n) is 7.40. The molecule has 22 heavy (non-hydrogen) atoms. The Hall–Kier alpha value is -1.23. The van der Waals surface area contributed by atoms with Crippen LogP contribution in [0.25, 0.3) is 0 Å². The lowest BCUT2D eigenvalue weighted by molar-refractivity contribution is 0.232. The van der Waals surface area contributed by atoms with Gasteiger partial charge < -0.3 is 5.32 Å². The molecule has 0 atom stereocenters. The molecule has 2 aliphatic carbocycles. The molecule has 0 amide bonds. The van der Waals surface area contributed by atoms with Gasteiger partial charge in [-0.15, -0.1) is 0 Å². The van der Waals surface area contributed by atoms with E-state index < -0.39 is 10.0 Å². The van der Waals surface area contributed by atoms with Crippen molar-refractivity contribution in [2.75, 3.05) is 22.3 Å². The number of hydrogen-bond donors (Lipinski definition) is 2. The fourth-order valence-corrected chi connectivity index (χ4v) is 4.82. The Morgan fingerprint density at radius 1 is 1.14 bits per heavy atom. The fraction of sp³-hybridized carbons (Fsp3) is 0.647. The maximum Gasteiger partial charge on any atom is 0.232 e. The van der Waals surface area contributed by atoms with E-state index in [1.807, 2.05) is 12.1 Å². The third-order valence-corrected chi connectivity index (χ3v) is 7.39. The summed E-state index contributed by atoms with van der Waals surface area (Å²) in [6, 6.07) is 5.95. The molecule has 5 heteroatoms. The molecule has 1 aliphatic heterocycles. The molecule has 1 heterocycles. The van der Waals surface area contributed by atoms with Crippen LogP contribution in [0.4, 0.5) is 11.4 Å². The van der Waals surface area contributed by atoms with Crippen molar-refractivity contribution in [3.05, 3.63) is 23.8 Å². The monoisotopic (exact) mass is 320 g/mol. The first kappa shape index (κ1) is 14.4. The molecule has 2 spiro atoms. The minimum Gasteiger partial charge on any atom is -0.384 e. The lowest BCUT2D eigenvalue weighted by Crippen LogP contribution is -2.34. The van der Waals surface area contributed by atoms with Crippen molar-refractivity contribution in [3.63, 3.8) is 0 Å². The molecule has 3 aliphatic rings. The highest BCUT2D eigenvalue weighted by Gasteiger charge is 2.51. The van der Waals surface area contributed by atoms with Crippen LogP contribution in [0, 0.1) is 5.41 Å². The van der Waals surface area contributed by atoms with Crippen LogP contribution in [-0.2, 0) is 15.4 Å². The maximum atomic E-state index is 11.8. The summed E-state index contributed by atoms with van der Waals surface area (Å²) in [5.74, 6) is 0.107. The molecular formula is C17H24N2O2S. The van der Waals surface area contributed by atoms with E-state index >= 15 is 0 Å². The standard InChI is InChI=1S/C17H24N2O2S/c1-2-22(20,21)19-13-3-4-15-14(11-13)17(12-18-15)9-7-16(5-6-16)8-10-17/h3-4,11,18-19H,2,5-10,12H2,1H3. The van der Waals surface area contributed by atoms with E-state index in [2.05, 4.69) is 16.1 Å². The van der Waals surface area contributed by atoms with Crippen molar-refractivity contribution in [2.24, 2.45) is 5.41 Å². The number of sulfonamides is 1. The molecule has 1 aromatic rings. The summed E-state index contributed by atoms with van der Waals surface area (Å²) < 4.78 is 26.3. The number of benzene rings is 1. The minimum atomic E-state index is -3.21. The molecule has 4 nitrogen and oxygen atoms in total. The van der Waals surface area contributed by atoms with Crippen molar-refractivity contribution < 1.29 is 8.42 Å². The molecule has 0 bridgehead atoms. The molecule has 0 aromatic heterocycles. The normalized spacial score (nSPS) is 24.0. The van der Waals surface area contributed by atoms with Gasteiger partial charge >= 0.3 is 0 Å². The van der Waals surface area contributed by atoms with Crippen LogP contribution in [0.5, 0.6) is 0 Å². The Balaban J connectivity index is 1.63. The fourth-order valence-electron chi connectivity index (χ4n) is 4.19. The predicted molar refractivity (Wildman–Crippen MR) is 89.8 cm³/mol. The number of anilines is 2. The molecule has 2 saturated carbocycles. The third-order valence-electron chi connectivity index (χ3n) is 6.09.